The van der Waals surface area contributed by atoms with Crippen LogP contribution in [0, 0.1) is 0 Å². The molecule has 2 unspecified atom stereocenters. The predicted molar refractivity (Wildman–Crippen MR) is 108 cm³/mol. The van der Waals surface area contributed by atoms with Crippen LogP contribution in [0.15, 0.2) is 59.1 Å². The molecule has 2 aromatic carbocycles. The van der Waals surface area contributed by atoms with E-state index in [0.717, 1.165) is 10.2 Å². The van der Waals surface area contributed by atoms with E-state index in [1.165, 1.54) is 5.56 Å². The number of aromatic nitrogens is 3. The first-order valence-corrected chi connectivity index (χ1v) is 9.16. The fraction of sp³-hybridized carbons (Fsp3) is 0.211. The Balaban J connectivity index is 1.77. The van der Waals surface area contributed by atoms with Crippen molar-refractivity contribution in [1.82, 2.24) is 20.3 Å². The van der Waals surface area contributed by atoms with E-state index >= 15 is 0 Å². The highest BCUT2D eigenvalue weighted by Crippen LogP contribution is 2.25. The topological polar surface area (TPSA) is 88.8 Å². The molecule has 0 spiro atoms. The molecule has 26 heavy (non-hydrogen) atoms. The number of nitrogen functional groups attached to an aromatic ring is 1. The molecule has 3 aromatic rings. The lowest BCUT2D eigenvalue weighted by atomic mass is 10.1. The van der Waals surface area contributed by atoms with Crippen molar-refractivity contribution in [1.29, 1.82) is 0 Å². The summed E-state index contributed by atoms with van der Waals surface area (Å²) >= 11 is 3.59. The smallest absolute Gasteiger partial charge is 0.232 e. The zero-order valence-corrected chi connectivity index (χ0v) is 16.2. The number of halogens is 1. The van der Waals surface area contributed by atoms with Crippen LogP contribution in [0.2, 0.25) is 0 Å². The molecule has 1 heterocycles. The maximum absolute atomic E-state index is 5.88. The van der Waals surface area contributed by atoms with Crippen LogP contribution in [0.4, 0.5) is 17.6 Å². The van der Waals surface area contributed by atoms with Crippen LogP contribution in [0.1, 0.15) is 37.3 Å². The van der Waals surface area contributed by atoms with E-state index in [4.69, 9.17) is 5.73 Å². The molecule has 1 aromatic heterocycles. The first-order valence-electron chi connectivity index (χ1n) is 8.37. The van der Waals surface area contributed by atoms with Crippen LogP contribution < -0.4 is 16.4 Å². The van der Waals surface area contributed by atoms with Gasteiger partial charge >= 0.3 is 0 Å². The van der Waals surface area contributed by atoms with Gasteiger partial charge in [-0.25, -0.2) is 0 Å². The molecule has 0 aliphatic rings. The van der Waals surface area contributed by atoms with Crippen molar-refractivity contribution in [3.63, 3.8) is 0 Å². The van der Waals surface area contributed by atoms with Crippen LogP contribution >= 0.6 is 15.9 Å². The maximum atomic E-state index is 5.88. The summed E-state index contributed by atoms with van der Waals surface area (Å²) in [7, 11) is 0. The SMILES string of the molecule is CC(NC(C)c1ccccc1Br)c1nc(N)nc(Nc2ccccc2)n1. The van der Waals surface area contributed by atoms with E-state index in [1.54, 1.807) is 0 Å². The summed E-state index contributed by atoms with van der Waals surface area (Å²) in [6.45, 7) is 4.11. The van der Waals surface area contributed by atoms with Gasteiger partial charge in [0.1, 0.15) is 0 Å². The van der Waals surface area contributed by atoms with E-state index < -0.39 is 0 Å². The number of nitrogens with one attached hydrogen (secondary N) is 2. The standard InChI is InChI=1S/C19H21BrN6/c1-12(15-10-6-7-11-16(15)20)22-13(2)17-24-18(21)26-19(25-17)23-14-8-4-3-5-9-14/h3-13,22H,1-2H3,(H3,21,23,24,25,26). The Hall–Kier alpha value is -2.51. The number of anilines is 3. The Bertz CT molecular complexity index is 871. The minimum absolute atomic E-state index is 0.0984. The van der Waals surface area contributed by atoms with Gasteiger partial charge in [0.2, 0.25) is 11.9 Å². The number of nitrogens with two attached hydrogens (primary N) is 1. The molecule has 4 N–H and O–H groups in total. The van der Waals surface area contributed by atoms with Gasteiger partial charge in [0.15, 0.2) is 5.82 Å². The largest absolute Gasteiger partial charge is 0.368 e. The highest BCUT2D eigenvalue weighted by Gasteiger charge is 2.17. The highest BCUT2D eigenvalue weighted by atomic mass is 79.9. The molecule has 134 valence electrons. The molecule has 6 nitrogen and oxygen atoms in total. The average Bonchev–Trinajstić information content (AvgIpc) is 2.62. The fourth-order valence-electron chi connectivity index (χ4n) is 2.68. The molecule has 0 radical (unpaired) electrons. The number of nitrogens with zero attached hydrogens (tertiary/aromatic N) is 3. The Kier molecular flexibility index (Phi) is 5.80. The third-order valence-corrected chi connectivity index (χ3v) is 4.68. The molecule has 0 aliphatic heterocycles. The van der Waals surface area contributed by atoms with Crippen LogP contribution in [-0.4, -0.2) is 15.0 Å². The lowest BCUT2D eigenvalue weighted by molar-refractivity contribution is 0.475. The summed E-state index contributed by atoms with van der Waals surface area (Å²) in [6, 6.07) is 17.9. The van der Waals surface area contributed by atoms with Gasteiger partial charge in [-0.15, -0.1) is 0 Å². The zero-order valence-electron chi connectivity index (χ0n) is 14.6. The Labute approximate surface area is 161 Å². The number of hydrogen-bond donors (Lipinski definition) is 3. The van der Waals surface area contributed by atoms with Gasteiger partial charge in [0.25, 0.3) is 0 Å². The van der Waals surface area contributed by atoms with Crippen molar-refractivity contribution in [2.45, 2.75) is 25.9 Å². The summed E-state index contributed by atoms with van der Waals surface area (Å²) < 4.78 is 1.06. The van der Waals surface area contributed by atoms with Gasteiger partial charge in [-0.05, 0) is 37.6 Å². The van der Waals surface area contributed by atoms with E-state index in [0.29, 0.717) is 11.8 Å². The minimum Gasteiger partial charge on any atom is -0.368 e. The molecule has 7 heteroatoms. The van der Waals surface area contributed by atoms with Crippen molar-refractivity contribution in [2.24, 2.45) is 0 Å². The van der Waals surface area contributed by atoms with Crippen molar-refractivity contribution in [3.05, 3.63) is 70.5 Å². The first-order chi connectivity index (χ1) is 12.5. The minimum atomic E-state index is -0.0984. The maximum Gasteiger partial charge on any atom is 0.232 e. The van der Waals surface area contributed by atoms with E-state index in [9.17, 15) is 0 Å². The monoisotopic (exact) mass is 412 g/mol. The number of benzene rings is 2. The fourth-order valence-corrected chi connectivity index (χ4v) is 3.30. The van der Waals surface area contributed by atoms with E-state index in [1.807, 2.05) is 55.5 Å². The summed E-state index contributed by atoms with van der Waals surface area (Å²) in [4.78, 5) is 13.0. The molecule has 0 bridgehead atoms. The van der Waals surface area contributed by atoms with Gasteiger partial charge in [0.05, 0.1) is 6.04 Å². The van der Waals surface area contributed by atoms with Crippen molar-refractivity contribution >= 4 is 33.5 Å². The lowest BCUT2D eigenvalue weighted by Gasteiger charge is -2.21. The van der Waals surface area contributed by atoms with E-state index in [-0.39, 0.29) is 18.0 Å². The second-order valence-corrected chi connectivity index (χ2v) is 6.85. The second kappa shape index (κ2) is 8.25. The molecular formula is C19H21BrN6. The van der Waals surface area contributed by atoms with Gasteiger partial charge in [-0.2, -0.15) is 15.0 Å². The first kappa shape index (κ1) is 18.3. The Morgan fingerprint density at radius 1 is 0.885 bits per heavy atom. The van der Waals surface area contributed by atoms with Crippen molar-refractivity contribution < 1.29 is 0 Å². The lowest BCUT2D eigenvalue weighted by Crippen LogP contribution is -2.25. The van der Waals surface area contributed by atoms with Gasteiger partial charge in [-0.1, -0.05) is 52.3 Å². The summed E-state index contributed by atoms with van der Waals surface area (Å²) in [6.07, 6.45) is 0. The molecule has 0 aliphatic carbocycles. The summed E-state index contributed by atoms with van der Waals surface area (Å²) in [5, 5.41) is 6.66. The van der Waals surface area contributed by atoms with E-state index in [2.05, 4.69) is 54.5 Å². The highest BCUT2D eigenvalue weighted by molar-refractivity contribution is 9.10. The predicted octanol–water partition coefficient (Wildman–Crippen LogP) is 4.37. The van der Waals surface area contributed by atoms with Crippen molar-refractivity contribution in [3.8, 4) is 0 Å². The van der Waals surface area contributed by atoms with Gasteiger partial charge in [0, 0.05) is 16.2 Å². The second-order valence-electron chi connectivity index (χ2n) is 6.00. The molecule has 0 saturated heterocycles. The molecule has 0 amide bonds. The van der Waals surface area contributed by atoms with Crippen LogP contribution in [0.25, 0.3) is 0 Å². The van der Waals surface area contributed by atoms with Gasteiger partial charge in [-0.3, -0.25) is 0 Å². The average molecular weight is 413 g/mol. The Morgan fingerprint density at radius 2 is 1.58 bits per heavy atom. The number of rotatable bonds is 6. The molecular weight excluding hydrogens is 392 g/mol. The molecule has 0 fully saturated rings. The normalized spacial score (nSPS) is 13.2. The third-order valence-electron chi connectivity index (χ3n) is 3.96. The van der Waals surface area contributed by atoms with Crippen LogP contribution in [0.5, 0.6) is 0 Å². The summed E-state index contributed by atoms with van der Waals surface area (Å²) in [5.41, 5.74) is 7.94. The van der Waals surface area contributed by atoms with Gasteiger partial charge < -0.3 is 16.4 Å². The number of para-hydroxylation sites is 1. The van der Waals surface area contributed by atoms with Crippen LogP contribution in [-0.2, 0) is 0 Å². The molecule has 0 saturated carbocycles. The zero-order chi connectivity index (χ0) is 18.5. The number of hydrogen-bond acceptors (Lipinski definition) is 6. The van der Waals surface area contributed by atoms with Crippen molar-refractivity contribution in [2.75, 3.05) is 11.1 Å². The third kappa shape index (κ3) is 4.56. The Morgan fingerprint density at radius 3 is 2.31 bits per heavy atom. The molecule has 3 rings (SSSR count). The van der Waals surface area contributed by atoms with Crippen LogP contribution in [0.3, 0.4) is 0 Å². The molecule has 2 atom stereocenters. The summed E-state index contributed by atoms with van der Waals surface area (Å²) in [5.74, 6) is 1.21. The quantitative estimate of drug-likeness (QED) is 0.556.